The minimum atomic E-state index is -0.218. The van der Waals surface area contributed by atoms with E-state index in [1.54, 1.807) is 6.20 Å². The van der Waals surface area contributed by atoms with E-state index in [-0.39, 0.29) is 17.2 Å². The predicted molar refractivity (Wildman–Crippen MR) is 92.5 cm³/mol. The summed E-state index contributed by atoms with van der Waals surface area (Å²) in [5.74, 6) is -0.0103. The first kappa shape index (κ1) is 14.2. The van der Waals surface area contributed by atoms with Gasteiger partial charge in [-0.05, 0) is 17.5 Å². The third kappa shape index (κ3) is 2.45. The summed E-state index contributed by atoms with van der Waals surface area (Å²) in [6.07, 6.45) is 2.53. The quantitative estimate of drug-likeness (QED) is 0.787. The minimum absolute atomic E-state index is 0.0488. The van der Waals surface area contributed by atoms with Crippen LogP contribution in [0, 0.1) is 5.92 Å². The number of benzene rings is 2. The highest BCUT2D eigenvalue weighted by Gasteiger charge is 2.60. The molecular formula is C19H16N2OS. The fraction of sp³-hybridized carbons (Fsp3) is 0.158. The maximum Gasteiger partial charge on any atom is 0.230 e. The van der Waals surface area contributed by atoms with Crippen LogP contribution in [-0.4, -0.2) is 10.9 Å². The Bertz CT molecular complexity index is 760. The van der Waals surface area contributed by atoms with Crippen LogP contribution in [0.5, 0.6) is 0 Å². The zero-order chi connectivity index (χ0) is 15.7. The topological polar surface area (TPSA) is 42.0 Å². The highest BCUT2D eigenvalue weighted by molar-refractivity contribution is 7.13. The third-order valence-electron chi connectivity index (χ3n) is 4.52. The van der Waals surface area contributed by atoms with Crippen LogP contribution in [0.15, 0.2) is 72.2 Å². The van der Waals surface area contributed by atoms with E-state index in [9.17, 15) is 4.79 Å². The van der Waals surface area contributed by atoms with Crippen molar-refractivity contribution in [2.75, 3.05) is 5.32 Å². The van der Waals surface area contributed by atoms with Crippen LogP contribution in [0.25, 0.3) is 0 Å². The zero-order valence-corrected chi connectivity index (χ0v) is 13.3. The van der Waals surface area contributed by atoms with Gasteiger partial charge in [-0.2, -0.15) is 0 Å². The Morgan fingerprint density at radius 3 is 2.17 bits per heavy atom. The average Bonchev–Trinajstić information content (AvgIpc) is 3.18. The van der Waals surface area contributed by atoms with Crippen molar-refractivity contribution in [3.05, 3.63) is 83.4 Å². The number of aromatic nitrogens is 1. The van der Waals surface area contributed by atoms with Gasteiger partial charge in [0, 0.05) is 17.0 Å². The Hall–Kier alpha value is -2.46. The highest BCUT2D eigenvalue weighted by atomic mass is 32.1. The molecule has 1 aliphatic carbocycles. The van der Waals surface area contributed by atoms with E-state index in [2.05, 4.69) is 34.6 Å². The maximum atomic E-state index is 12.7. The van der Waals surface area contributed by atoms with E-state index in [1.165, 1.54) is 22.5 Å². The van der Waals surface area contributed by atoms with Crippen molar-refractivity contribution in [2.45, 2.75) is 11.8 Å². The van der Waals surface area contributed by atoms with Crippen LogP contribution in [-0.2, 0) is 10.2 Å². The van der Waals surface area contributed by atoms with Gasteiger partial charge in [-0.3, -0.25) is 4.79 Å². The first-order valence-electron chi connectivity index (χ1n) is 7.62. The highest BCUT2D eigenvalue weighted by Crippen LogP contribution is 2.59. The van der Waals surface area contributed by atoms with E-state index < -0.39 is 0 Å². The number of hydrogen-bond acceptors (Lipinski definition) is 3. The van der Waals surface area contributed by atoms with E-state index in [0.29, 0.717) is 5.13 Å². The molecule has 2 aromatic carbocycles. The molecule has 1 amide bonds. The molecule has 4 heteroatoms. The summed E-state index contributed by atoms with van der Waals surface area (Å²) in [6.45, 7) is 0. The molecule has 4 rings (SSSR count). The van der Waals surface area contributed by atoms with Crippen molar-refractivity contribution < 1.29 is 4.79 Å². The third-order valence-corrected chi connectivity index (χ3v) is 5.21. The molecule has 3 aromatic rings. The second-order valence-corrected chi connectivity index (χ2v) is 6.68. The van der Waals surface area contributed by atoms with Crippen LogP contribution in [0.1, 0.15) is 17.5 Å². The molecule has 1 aliphatic rings. The summed E-state index contributed by atoms with van der Waals surface area (Å²) in [5.41, 5.74) is 2.18. The lowest BCUT2D eigenvalue weighted by Crippen LogP contribution is -2.22. The molecule has 1 N–H and O–H groups in total. The van der Waals surface area contributed by atoms with Gasteiger partial charge >= 0.3 is 0 Å². The molecule has 3 nitrogen and oxygen atoms in total. The summed E-state index contributed by atoms with van der Waals surface area (Å²) in [4.78, 5) is 16.8. The predicted octanol–water partition coefficient (Wildman–Crippen LogP) is 4.09. The summed E-state index contributed by atoms with van der Waals surface area (Å²) in [6, 6.07) is 20.6. The fourth-order valence-electron chi connectivity index (χ4n) is 3.33. The molecule has 23 heavy (non-hydrogen) atoms. The van der Waals surface area contributed by atoms with Crippen molar-refractivity contribution in [1.82, 2.24) is 4.98 Å². The molecule has 0 saturated heterocycles. The molecule has 0 bridgehead atoms. The number of nitrogens with one attached hydrogen (secondary N) is 1. The van der Waals surface area contributed by atoms with Crippen LogP contribution in [0.4, 0.5) is 5.13 Å². The van der Waals surface area contributed by atoms with Gasteiger partial charge < -0.3 is 5.32 Å². The number of amides is 1. The van der Waals surface area contributed by atoms with Crippen molar-refractivity contribution in [3.63, 3.8) is 0 Å². The first-order chi connectivity index (χ1) is 11.3. The summed E-state index contributed by atoms with van der Waals surface area (Å²) in [5, 5.41) is 5.48. The van der Waals surface area contributed by atoms with Crippen molar-refractivity contribution in [2.24, 2.45) is 5.92 Å². The molecule has 0 aliphatic heterocycles. The maximum absolute atomic E-state index is 12.7. The van der Waals surface area contributed by atoms with Gasteiger partial charge in [-0.25, -0.2) is 4.98 Å². The number of rotatable bonds is 4. The number of nitrogens with zero attached hydrogens (tertiary/aromatic N) is 1. The lowest BCUT2D eigenvalue weighted by atomic mass is 9.85. The molecule has 1 aromatic heterocycles. The first-order valence-corrected chi connectivity index (χ1v) is 8.50. The van der Waals surface area contributed by atoms with E-state index >= 15 is 0 Å². The molecule has 0 unspecified atom stereocenters. The largest absolute Gasteiger partial charge is 0.302 e. The smallest absolute Gasteiger partial charge is 0.230 e. The molecule has 1 saturated carbocycles. The zero-order valence-electron chi connectivity index (χ0n) is 12.5. The van der Waals surface area contributed by atoms with Crippen molar-refractivity contribution in [1.29, 1.82) is 0 Å². The number of anilines is 1. The second kappa shape index (κ2) is 5.63. The van der Waals surface area contributed by atoms with Gasteiger partial charge in [0.05, 0.1) is 5.92 Å². The van der Waals surface area contributed by atoms with Gasteiger partial charge in [0.15, 0.2) is 5.13 Å². The fourth-order valence-corrected chi connectivity index (χ4v) is 3.86. The SMILES string of the molecule is O=C(Nc1nccs1)[C@@H]1CC1(c1ccccc1)c1ccccc1. The van der Waals surface area contributed by atoms with Crippen LogP contribution in [0.2, 0.25) is 0 Å². The molecular weight excluding hydrogens is 304 g/mol. The number of carbonyl (C=O) groups is 1. The second-order valence-electron chi connectivity index (χ2n) is 5.79. The molecule has 1 atom stereocenters. The van der Waals surface area contributed by atoms with Crippen molar-refractivity contribution in [3.8, 4) is 0 Å². The summed E-state index contributed by atoms with van der Waals surface area (Å²) < 4.78 is 0. The Labute approximate surface area is 139 Å². The molecule has 0 spiro atoms. The van der Waals surface area contributed by atoms with Crippen LogP contribution >= 0.6 is 11.3 Å². The lowest BCUT2D eigenvalue weighted by molar-refractivity contribution is -0.117. The Morgan fingerprint density at radius 1 is 1.04 bits per heavy atom. The number of thiazole rings is 1. The van der Waals surface area contributed by atoms with E-state index in [4.69, 9.17) is 0 Å². The van der Waals surface area contributed by atoms with E-state index in [1.807, 2.05) is 41.8 Å². The average molecular weight is 320 g/mol. The molecule has 114 valence electrons. The van der Waals surface area contributed by atoms with Gasteiger partial charge in [0.1, 0.15) is 0 Å². The molecule has 0 radical (unpaired) electrons. The van der Waals surface area contributed by atoms with Crippen LogP contribution < -0.4 is 5.32 Å². The normalized spacial score (nSPS) is 18.3. The van der Waals surface area contributed by atoms with Gasteiger partial charge in [0.25, 0.3) is 0 Å². The van der Waals surface area contributed by atoms with Crippen molar-refractivity contribution >= 4 is 22.4 Å². The monoisotopic (exact) mass is 320 g/mol. The van der Waals surface area contributed by atoms with Gasteiger partial charge in [-0.15, -0.1) is 11.3 Å². The summed E-state index contributed by atoms with van der Waals surface area (Å²) >= 11 is 1.45. The number of carbonyl (C=O) groups excluding carboxylic acids is 1. The Morgan fingerprint density at radius 2 is 1.65 bits per heavy atom. The van der Waals surface area contributed by atoms with Gasteiger partial charge in [0.2, 0.25) is 5.91 Å². The summed E-state index contributed by atoms with van der Waals surface area (Å²) in [7, 11) is 0. The lowest BCUT2D eigenvalue weighted by Gasteiger charge is -2.18. The molecule has 1 heterocycles. The minimum Gasteiger partial charge on any atom is -0.302 e. The standard InChI is InChI=1S/C19H16N2OS/c22-17(21-18-20-11-12-23-18)16-13-19(16,14-7-3-1-4-8-14)15-9-5-2-6-10-15/h1-12,16H,13H2,(H,20,21,22)/t16-/m0/s1. The molecule has 1 fully saturated rings. The van der Waals surface area contributed by atoms with E-state index in [0.717, 1.165) is 6.42 Å². The van der Waals surface area contributed by atoms with Gasteiger partial charge in [-0.1, -0.05) is 60.7 Å². The Balaban J connectivity index is 1.68. The Kier molecular flexibility index (Phi) is 3.46. The van der Waals surface area contributed by atoms with Crippen LogP contribution in [0.3, 0.4) is 0 Å². The number of hydrogen-bond donors (Lipinski definition) is 1.